The third kappa shape index (κ3) is 3.54. The molecular formula is C17H17N3OS2. The fraction of sp³-hybridized carbons (Fsp3) is 0.235. The second kappa shape index (κ2) is 6.68. The highest BCUT2D eigenvalue weighted by Gasteiger charge is 2.12. The summed E-state index contributed by atoms with van der Waals surface area (Å²) in [6.07, 6.45) is 1.67. The molecule has 4 nitrogen and oxygen atoms in total. The predicted octanol–water partition coefficient (Wildman–Crippen LogP) is 4.67. The van der Waals surface area contributed by atoms with Crippen molar-refractivity contribution in [1.29, 1.82) is 0 Å². The number of thioether (sulfide) groups is 1. The average molecular weight is 343 g/mol. The molecule has 2 aromatic heterocycles. The van der Waals surface area contributed by atoms with Gasteiger partial charge in [-0.15, -0.1) is 11.8 Å². The van der Waals surface area contributed by atoms with Crippen molar-refractivity contribution in [2.75, 3.05) is 11.1 Å². The molecule has 0 saturated heterocycles. The number of pyridine rings is 1. The quantitative estimate of drug-likeness (QED) is 0.699. The Labute approximate surface area is 143 Å². The maximum atomic E-state index is 12.4. The zero-order chi connectivity index (χ0) is 16.4. The fourth-order valence-corrected chi connectivity index (χ4v) is 4.05. The Kier molecular flexibility index (Phi) is 4.63. The molecule has 0 aliphatic rings. The number of thiazole rings is 1. The molecule has 0 unspecified atom stereocenters. The Balaban J connectivity index is 1.85. The lowest BCUT2D eigenvalue weighted by atomic mass is 10.1. The second-order valence-corrected chi connectivity index (χ2v) is 7.53. The van der Waals surface area contributed by atoms with Crippen LogP contribution in [-0.4, -0.2) is 21.6 Å². The van der Waals surface area contributed by atoms with E-state index < -0.39 is 0 Å². The zero-order valence-corrected chi connectivity index (χ0v) is 14.8. The van der Waals surface area contributed by atoms with E-state index in [9.17, 15) is 4.79 Å². The number of carbonyl (C=O) groups is 1. The number of nitrogens with one attached hydrogen (secondary N) is 1. The molecule has 0 radical (unpaired) electrons. The molecule has 2 heterocycles. The summed E-state index contributed by atoms with van der Waals surface area (Å²) in [5.74, 6) is 0.771. The lowest BCUT2D eigenvalue weighted by molar-refractivity contribution is 0.102. The van der Waals surface area contributed by atoms with Gasteiger partial charge in [0.1, 0.15) is 0 Å². The van der Waals surface area contributed by atoms with Gasteiger partial charge in [0.05, 0.1) is 15.2 Å². The number of rotatable bonds is 4. The van der Waals surface area contributed by atoms with Gasteiger partial charge < -0.3 is 0 Å². The van der Waals surface area contributed by atoms with Crippen molar-refractivity contribution in [2.45, 2.75) is 25.8 Å². The SMILES string of the molecule is CCSc1cc(C(=O)Nc2nc3c(C)cc(C)cc3s2)ccn1. The summed E-state index contributed by atoms with van der Waals surface area (Å²) in [5, 5.41) is 4.38. The van der Waals surface area contributed by atoms with Crippen LogP contribution in [0.15, 0.2) is 35.5 Å². The van der Waals surface area contributed by atoms with Gasteiger partial charge in [-0.05, 0) is 48.9 Å². The van der Waals surface area contributed by atoms with Crippen LogP contribution in [0.3, 0.4) is 0 Å². The number of amides is 1. The molecule has 1 amide bonds. The zero-order valence-electron chi connectivity index (χ0n) is 13.2. The molecule has 1 N–H and O–H groups in total. The van der Waals surface area contributed by atoms with Gasteiger partial charge in [0.2, 0.25) is 0 Å². The van der Waals surface area contributed by atoms with Crippen molar-refractivity contribution in [3.8, 4) is 0 Å². The Morgan fingerprint density at radius 3 is 2.91 bits per heavy atom. The Morgan fingerprint density at radius 2 is 2.13 bits per heavy atom. The molecular weight excluding hydrogens is 326 g/mol. The maximum absolute atomic E-state index is 12.4. The minimum Gasteiger partial charge on any atom is -0.298 e. The molecule has 0 saturated carbocycles. The first-order valence-corrected chi connectivity index (χ1v) is 9.15. The van der Waals surface area contributed by atoms with Crippen molar-refractivity contribution in [3.63, 3.8) is 0 Å². The molecule has 0 bridgehead atoms. The Morgan fingerprint density at radius 1 is 1.30 bits per heavy atom. The van der Waals surface area contributed by atoms with Crippen LogP contribution in [0.25, 0.3) is 10.2 Å². The van der Waals surface area contributed by atoms with Crippen molar-refractivity contribution < 1.29 is 4.79 Å². The van der Waals surface area contributed by atoms with Crippen LogP contribution in [0.4, 0.5) is 5.13 Å². The van der Waals surface area contributed by atoms with Crippen molar-refractivity contribution >= 4 is 44.4 Å². The van der Waals surface area contributed by atoms with E-state index in [1.807, 2.05) is 13.0 Å². The minimum atomic E-state index is -0.154. The number of hydrogen-bond donors (Lipinski definition) is 1. The lowest BCUT2D eigenvalue weighted by Crippen LogP contribution is -2.11. The third-order valence-electron chi connectivity index (χ3n) is 3.34. The number of nitrogens with zero attached hydrogens (tertiary/aromatic N) is 2. The van der Waals surface area contributed by atoms with Crippen LogP contribution in [0, 0.1) is 13.8 Å². The van der Waals surface area contributed by atoms with E-state index in [4.69, 9.17) is 0 Å². The molecule has 0 aliphatic heterocycles. The third-order valence-corrected chi connectivity index (χ3v) is 5.07. The average Bonchev–Trinajstić information content (AvgIpc) is 2.90. The molecule has 118 valence electrons. The van der Waals surface area contributed by atoms with E-state index in [0.29, 0.717) is 10.7 Å². The van der Waals surface area contributed by atoms with Crippen LogP contribution in [0.1, 0.15) is 28.4 Å². The van der Waals surface area contributed by atoms with Gasteiger partial charge in [0.25, 0.3) is 5.91 Å². The highest BCUT2D eigenvalue weighted by molar-refractivity contribution is 7.99. The van der Waals surface area contributed by atoms with Crippen molar-refractivity contribution in [2.24, 2.45) is 0 Å². The van der Waals surface area contributed by atoms with Crippen LogP contribution < -0.4 is 5.32 Å². The number of aryl methyl sites for hydroxylation is 2. The van der Waals surface area contributed by atoms with E-state index in [-0.39, 0.29) is 5.91 Å². The van der Waals surface area contributed by atoms with Crippen LogP contribution in [-0.2, 0) is 0 Å². The molecule has 3 rings (SSSR count). The van der Waals surface area contributed by atoms with Gasteiger partial charge in [-0.1, -0.05) is 24.3 Å². The molecule has 0 fully saturated rings. The molecule has 3 aromatic rings. The largest absolute Gasteiger partial charge is 0.298 e. The fourth-order valence-electron chi connectivity index (χ4n) is 2.37. The molecule has 0 aliphatic carbocycles. The first-order chi connectivity index (χ1) is 11.1. The van der Waals surface area contributed by atoms with Gasteiger partial charge in [0.15, 0.2) is 5.13 Å². The highest BCUT2D eigenvalue weighted by atomic mass is 32.2. The molecule has 23 heavy (non-hydrogen) atoms. The smallest absolute Gasteiger partial charge is 0.257 e. The summed E-state index contributed by atoms with van der Waals surface area (Å²) >= 11 is 3.12. The normalized spacial score (nSPS) is 10.9. The number of fused-ring (bicyclic) bond motifs is 1. The van der Waals surface area contributed by atoms with Crippen LogP contribution >= 0.6 is 23.1 Å². The Hall–Kier alpha value is -1.92. The molecule has 1 aromatic carbocycles. The first-order valence-electron chi connectivity index (χ1n) is 7.35. The molecule has 0 atom stereocenters. The number of hydrogen-bond acceptors (Lipinski definition) is 5. The second-order valence-electron chi connectivity index (χ2n) is 5.22. The maximum Gasteiger partial charge on any atom is 0.257 e. The molecule has 0 spiro atoms. The van der Waals surface area contributed by atoms with Crippen molar-refractivity contribution in [3.05, 3.63) is 47.2 Å². The summed E-state index contributed by atoms with van der Waals surface area (Å²) < 4.78 is 1.09. The lowest BCUT2D eigenvalue weighted by Gasteiger charge is -2.03. The van der Waals surface area contributed by atoms with E-state index in [1.165, 1.54) is 16.9 Å². The molecule has 6 heteroatoms. The van der Waals surface area contributed by atoms with E-state index >= 15 is 0 Å². The number of carbonyl (C=O) groups excluding carboxylic acids is 1. The standard InChI is InChI=1S/C17H17N3OS2/c1-4-22-14-9-12(5-6-18-14)16(21)20-17-19-15-11(3)7-10(2)8-13(15)23-17/h5-9H,4H2,1-3H3,(H,19,20,21). The van der Waals surface area contributed by atoms with Gasteiger partial charge in [-0.2, -0.15) is 0 Å². The monoisotopic (exact) mass is 343 g/mol. The van der Waals surface area contributed by atoms with Gasteiger partial charge in [-0.3, -0.25) is 10.1 Å². The summed E-state index contributed by atoms with van der Waals surface area (Å²) in [7, 11) is 0. The topological polar surface area (TPSA) is 54.9 Å². The van der Waals surface area contributed by atoms with Crippen LogP contribution in [0.5, 0.6) is 0 Å². The van der Waals surface area contributed by atoms with Crippen molar-refractivity contribution in [1.82, 2.24) is 9.97 Å². The number of anilines is 1. The summed E-state index contributed by atoms with van der Waals surface area (Å²) in [5.41, 5.74) is 3.88. The van der Waals surface area contributed by atoms with Gasteiger partial charge in [0, 0.05) is 11.8 Å². The summed E-state index contributed by atoms with van der Waals surface area (Å²) in [6.45, 7) is 6.16. The number of benzene rings is 1. The summed E-state index contributed by atoms with van der Waals surface area (Å²) in [4.78, 5) is 21.2. The first kappa shape index (κ1) is 16.0. The van der Waals surface area contributed by atoms with E-state index in [2.05, 4.69) is 41.3 Å². The van der Waals surface area contributed by atoms with Gasteiger partial charge >= 0.3 is 0 Å². The van der Waals surface area contributed by atoms with E-state index in [1.54, 1.807) is 24.0 Å². The van der Waals surface area contributed by atoms with Gasteiger partial charge in [-0.25, -0.2) is 9.97 Å². The minimum absolute atomic E-state index is 0.154. The Bertz CT molecular complexity index is 873. The predicted molar refractivity (Wildman–Crippen MR) is 97.7 cm³/mol. The number of aromatic nitrogens is 2. The van der Waals surface area contributed by atoms with E-state index in [0.717, 1.165) is 26.6 Å². The highest BCUT2D eigenvalue weighted by Crippen LogP contribution is 2.29. The summed E-state index contributed by atoms with van der Waals surface area (Å²) in [6, 6.07) is 7.73. The van der Waals surface area contributed by atoms with Crippen LogP contribution in [0.2, 0.25) is 0 Å².